The van der Waals surface area contributed by atoms with E-state index in [1.807, 2.05) is 31.2 Å². The maximum atomic E-state index is 12.2. The lowest BCUT2D eigenvalue weighted by Crippen LogP contribution is -2.42. The number of nitrogens with one attached hydrogen (secondary N) is 1. The summed E-state index contributed by atoms with van der Waals surface area (Å²) in [5.41, 5.74) is 5.04. The van der Waals surface area contributed by atoms with Crippen LogP contribution < -0.4 is 10.2 Å². The van der Waals surface area contributed by atoms with Crippen molar-refractivity contribution in [3.8, 4) is 11.8 Å². The lowest BCUT2D eigenvalue weighted by Gasteiger charge is -2.34. The van der Waals surface area contributed by atoms with Crippen LogP contribution in [0.3, 0.4) is 0 Å². The first-order valence-electron chi connectivity index (χ1n) is 9.50. The van der Waals surface area contributed by atoms with E-state index in [0.717, 1.165) is 24.4 Å². The Hall–Kier alpha value is -3.21. The van der Waals surface area contributed by atoms with Gasteiger partial charge in [0, 0.05) is 13.1 Å². The van der Waals surface area contributed by atoms with Gasteiger partial charge in [0.05, 0.1) is 36.6 Å². The molecule has 0 aromatic heterocycles. The van der Waals surface area contributed by atoms with Crippen LogP contribution in [0.5, 0.6) is 5.75 Å². The molecular formula is C22H24N4O3. The highest BCUT2D eigenvalue weighted by Crippen LogP contribution is 2.23. The van der Waals surface area contributed by atoms with Crippen LogP contribution in [0, 0.1) is 11.3 Å². The van der Waals surface area contributed by atoms with E-state index in [-0.39, 0.29) is 18.6 Å². The third-order valence-electron chi connectivity index (χ3n) is 4.63. The van der Waals surface area contributed by atoms with Crippen LogP contribution in [0.2, 0.25) is 0 Å². The predicted octanol–water partition coefficient (Wildman–Crippen LogP) is 2.50. The summed E-state index contributed by atoms with van der Waals surface area (Å²) in [7, 11) is 0. The lowest BCUT2D eigenvalue weighted by molar-refractivity contribution is -0.123. The summed E-state index contributed by atoms with van der Waals surface area (Å²) in [6.45, 7) is 4.73. The van der Waals surface area contributed by atoms with Gasteiger partial charge in [0.1, 0.15) is 5.75 Å². The van der Waals surface area contributed by atoms with Crippen LogP contribution in [0.4, 0.5) is 0 Å². The van der Waals surface area contributed by atoms with E-state index in [0.29, 0.717) is 24.5 Å². The quantitative estimate of drug-likeness (QED) is 0.578. The molecule has 150 valence electrons. The molecular weight excluding hydrogens is 368 g/mol. The molecule has 1 saturated heterocycles. The standard InChI is InChI=1S/C22H24N4O3/c1-17(22(19-5-3-2-4-6-19)26-11-13-28-14-12-26)24-25-21(27)16-29-20-9-7-18(15-23)8-10-20/h2-10,22H,11-14,16H2,1H3,(H,25,27)/b24-17-/t22-/m1/s1. The molecule has 0 radical (unpaired) electrons. The minimum absolute atomic E-state index is 0.0279. The first kappa shape index (κ1) is 20.5. The molecule has 1 fully saturated rings. The molecule has 1 aliphatic heterocycles. The molecule has 0 bridgehead atoms. The van der Waals surface area contributed by atoms with Crippen LogP contribution in [0.15, 0.2) is 59.7 Å². The van der Waals surface area contributed by atoms with Gasteiger partial charge in [-0.2, -0.15) is 10.4 Å². The third-order valence-corrected chi connectivity index (χ3v) is 4.63. The Morgan fingerprint density at radius 2 is 1.90 bits per heavy atom. The Morgan fingerprint density at radius 3 is 2.55 bits per heavy atom. The van der Waals surface area contributed by atoms with Gasteiger partial charge in [0.25, 0.3) is 5.91 Å². The number of hydrogen-bond donors (Lipinski definition) is 1. The molecule has 0 saturated carbocycles. The zero-order valence-corrected chi connectivity index (χ0v) is 16.4. The normalized spacial score (nSPS) is 15.9. The maximum absolute atomic E-state index is 12.2. The fraction of sp³-hybridized carbons (Fsp3) is 0.318. The zero-order chi connectivity index (χ0) is 20.5. The SMILES string of the molecule is C/C(=N/NC(=O)COc1ccc(C#N)cc1)[C@H](c1ccccc1)N1CCOCC1. The van der Waals surface area contributed by atoms with Crippen LogP contribution in [-0.2, 0) is 9.53 Å². The Balaban J connectivity index is 1.61. The summed E-state index contributed by atoms with van der Waals surface area (Å²) >= 11 is 0. The van der Waals surface area contributed by atoms with Gasteiger partial charge in [-0.25, -0.2) is 5.43 Å². The molecule has 29 heavy (non-hydrogen) atoms. The summed E-state index contributed by atoms with van der Waals surface area (Å²) < 4.78 is 10.9. The van der Waals surface area contributed by atoms with Gasteiger partial charge in [-0.15, -0.1) is 0 Å². The molecule has 2 aromatic carbocycles. The zero-order valence-electron chi connectivity index (χ0n) is 16.4. The second-order valence-corrected chi connectivity index (χ2v) is 6.67. The van der Waals surface area contributed by atoms with Gasteiger partial charge < -0.3 is 9.47 Å². The Bertz CT molecular complexity index is 869. The van der Waals surface area contributed by atoms with Crippen LogP contribution >= 0.6 is 0 Å². The average molecular weight is 392 g/mol. The van der Waals surface area contributed by atoms with Gasteiger partial charge in [-0.05, 0) is 36.8 Å². The van der Waals surface area contributed by atoms with Crippen molar-refractivity contribution in [1.82, 2.24) is 10.3 Å². The van der Waals surface area contributed by atoms with E-state index < -0.39 is 0 Å². The molecule has 7 nitrogen and oxygen atoms in total. The summed E-state index contributed by atoms with van der Waals surface area (Å²) in [6, 6.07) is 18.7. The monoisotopic (exact) mass is 392 g/mol. The number of hydrazone groups is 1. The fourth-order valence-corrected chi connectivity index (χ4v) is 3.21. The van der Waals surface area contributed by atoms with Gasteiger partial charge in [0.2, 0.25) is 0 Å². The van der Waals surface area contributed by atoms with Crippen molar-refractivity contribution in [3.63, 3.8) is 0 Å². The predicted molar refractivity (Wildman–Crippen MR) is 109 cm³/mol. The molecule has 0 spiro atoms. The van der Waals surface area contributed by atoms with Crippen molar-refractivity contribution >= 4 is 11.6 Å². The molecule has 2 aromatic rings. The topological polar surface area (TPSA) is 86.9 Å². The number of ether oxygens (including phenoxy) is 2. The summed E-state index contributed by atoms with van der Waals surface area (Å²) in [4.78, 5) is 14.5. The highest BCUT2D eigenvalue weighted by molar-refractivity contribution is 5.90. The molecule has 1 amide bonds. The molecule has 0 unspecified atom stereocenters. The second-order valence-electron chi connectivity index (χ2n) is 6.67. The second kappa shape index (κ2) is 10.4. The Kier molecular flexibility index (Phi) is 7.34. The molecule has 1 N–H and O–H groups in total. The minimum Gasteiger partial charge on any atom is -0.484 e. The molecule has 0 aliphatic carbocycles. The van der Waals surface area contributed by atoms with E-state index in [9.17, 15) is 4.79 Å². The summed E-state index contributed by atoms with van der Waals surface area (Å²) in [5.74, 6) is 0.179. The smallest absolute Gasteiger partial charge is 0.277 e. The fourth-order valence-electron chi connectivity index (χ4n) is 3.21. The third kappa shape index (κ3) is 5.88. The highest BCUT2D eigenvalue weighted by Gasteiger charge is 2.25. The van der Waals surface area contributed by atoms with E-state index >= 15 is 0 Å². The number of carbonyl (C=O) groups excluding carboxylic acids is 1. The van der Waals surface area contributed by atoms with E-state index in [1.54, 1.807) is 24.3 Å². The van der Waals surface area contributed by atoms with Crippen LogP contribution in [0.1, 0.15) is 24.1 Å². The van der Waals surface area contributed by atoms with Crippen molar-refractivity contribution in [3.05, 3.63) is 65.7 Å². The average Bonchev–Trinajstić information content (AvgIpc) is 2.78. The summed E-state index contributed by atoms with van der Waals surface area (Å²) in [6.07, 6.45) is 0. The van der Waals surface area contributed by atoms with Crippen molar-refractivity contribution in [2.75, 3.05) is 32.9 Å². The molecule has 1 atom stereocenters. The van der Waals surface area contributed by atoms with Crippen molar-refractivity contribution < 1.29 is 14.3 Å². The first-order chi connectivity index (χ1) is 14.2. The summed E-state index contributed by atoms with van der Waals surface area (Å²) in [5, 5.41) is 13.1. The highest BCUT2D eigenvalue weighted by atomic mass is 16.5. The molecule has 3 rings (SSSR count). The number of nitrogens with zero attached hydrogens (tertiary/aromatic N) is 3. The van der Waals surface area contributed by atoms with Gasteiger partial charge in [0.15, 0.2) is 6.61 Å². The number of carbonyl (C=O) groups is 1. The number of rotatable bonds is 7. The maximum Gasteiger partial charge on any atom is 0.277 e. The lowest BCUT2D eigenvalue weighted by atomic mass is 10.0. The van der Waals surface area contributed by atoms with Gasteiger partial charge in [-0.1, -0.05) is 30.3 Å². The Labute approximate surface area is 170 Å². The van der Waals surface area contributed by atoms with E-state index in [2.05, 4.69) is 27.6 Å². The van der Waals surface area contributed by atoms with Crippen LogP contribution in [-0.4, -0.2) is 49.4 Å². The number of benzene rings is 2. The Morgan fingerprint density at radius 1 is 1.21 bits per heavy atom. The van der Waals surface area contributed by atoms with Gasteiger partial charge in [-0.3, -0.25) is 9.69 Å². The molecule has 1 heterocycles. The number of amides is 1. The van der Waals surface area contributed by atoms with Crippen molar-refractivity contribution in [2.45, 2.75) is 13.0 Å². The first-order valence-corrected chi connectivity index (χ1v) is 9.50. The number of nitriles is 1. The van der Waals surface area contributed by atoms with Crippen molar-refractivity contribution in [1.29, 1.82) is 5.26 Å². The minimum atomic E-state index is -0.345. The van der Waals surface area contributed by atoms with Gasteiger partial charge >= 0.3 is 0 Å². The number of morpholine rings is 1. The van der Waals surface area contributed by atoms with E-state index in [4.69, 9.17) is 14.7 Å². The van der Waals surface area contributed by atoms with Crippen molar-refractivity contribution in [2.24, 2.45) is 5.10 Å². The van der Waals surface area contributed by atoms with Crippen LogP contribution in [0.25, 0.3) is 0 Å². The molecule has 1 aliphatic rings. The largest absolute Gasteiger partial charge is 0.484 e. The number of hydrogen-bond acceptors (Lipinski definition) is 6. The molecule has 7 heteroatoms. The van der Waals surface area contributed by atoms with E-state index in [1.165, 1.54) is 0 Å².